The first-order valence-corrected chi connectivity index (χ1v) is 14.0. The van der Waals surface area contributed by atoms with Gasteiger partial charge in [0, 0.05) is 12.0 Å². The smallest absolute Gasteiger partial charge is 0.297 e. The van der Waals surface area contributed by atoms with Crippen LogP contribution in [0.3, 0.4) is 0 Å². The zero-order valence-corrected chi connectivity index (χ0v) is 22.7. The third kappa shape index (κ3) is 3.21. The number of nitrogens with zero attached hydrogens (tertiary/aromatic N) is 4. The maximum Gasteiger partial charge on any atom is 0.297 e. The molecule has 1 unspecified atom stereocenters. The van der Waals surface area contributed by atoms with Crippen LogP contribution in [0, 0.1) is 6.92 Å². The maximum absolute atomic E-state index is 14.9. The standard InChI is InChI=1S/C31H24N4O4S/c1-3-10-24-32-33-30(40-24)35-28(37)27-25(26(36)20-13-6-9-16-23(20)39-27)31(35)21-14-7-8-15-22(21)34(29(31)38)17-19-12-5-4-11-18(19)2/h4-9,11-16H,3,10,17H2,1-2H3. The molecule has 4 heterocycles. The molecular formula is C31H24N4O4S. The Morgan fingerprint density at radius 1 is 0.925 bits per heavy atom. The minimum Gasteiger partial charge on any atom is -0.450 e. The molecule has 0 saturated heterocycles. The first kappa shape index (κ1) is 24.4. The largest absolute Gasteiger partial charge is 0.450 e. The van der Waals surface area contributed by atoms with E-state index in [1.807, 2.05) is 62.4 Å². The van der Waals surface area contributed by atoms with E-state index in [1.165, 1.54) is 16.2 Å². The molecule has 8 nitrogen and oxygen atoms in total. The Kier molecular flexibility index (Phi) is 5.47. The van der Waals surface area contributed by atoms with Gasteiger partial charge in [-0.25, -0.2) is 0 Å². The van der Waals surface area contributed by atoms with E-state index in [0.29, 0.717) is 23.1 Å². The van der Waals surface area contributed by atoms with E-state index >= 15 is 0 Å². The highest BCUT2D eigenvalue weighted by molar-refractivity contribution is 7.15. The molecule has 3 aromatic carbocycles. The predicted molar refractivity (Wildman–Crippen MR) is 153 cm³/mol. The van der Waals surface area contributed by atoms with E-state index in [-0.39, 0.29) is 28.6 Å². The molecule has 0 bridgehead atoms. The van der Waals surface area contributed by atoms with Crippen molar-refractivity contribution in [3.8, 4) is 0 Å². The normalized spacial score (nSPS) is 17.8. The fourth-order valence-corrected chi connectivity index (χ4v) is 6.87. The Balaban J connectivity index is 1.54. The quantitative estimate of drug-likeness (QED) is 0.294. The summed E-state index contributed by atoms with van der Waals surface area (Å²) in [5, 5.41) is 9.97. The van der Waals surface area contributed by atoms with E-state index in [9.17, 15) is 14.4 Å². The van der Waals surface area contributed by atoms with E-state index in [4.69, 9.17) is 4.42 Å². The number of benzene rings is 3. The number of hydrogen-bond donors (Lipinski definition) is 0. The van der Waals surface area contributed by atoms with Crippen LogP contribution in [-0.2, 0) is 23.3 Å². The average molecular weight is 549 g/mol. The Morgan fingerprint density at radius 2 is 1.68 bits per heavy atom. The van der Waals surface area contributed by atoms with Crippen molar-refractivity contribution in [3.05, 3.63) is 116 Å². The van der Waals surface area contributed by atoms with Gasteiger partial charge in [0.1, 0.15) is 10.6 Å². The minimum atomic E-state index is -1.78. The van der Waals surface area contributed by atoms with Crippen molar-refractivity contribution in [2.45, 2.75) is 38.8 Å². The summed E-state index contributed by atoms with van der Waals surface area (Å²) in [4.78, 5) is 46.4. The lowest BCUT2D eigenvalue weighted by molar-refractivity contribution is -0.121. The highest BCUT2D eigenvalue weighted by atomic mass is 32.1. The summed E-state index contributed by atoms with van der Waals surface area (Å²) in [5.74, 6) is -1.13. The molecule has 0 N–H and O–H groups in total. The summed E-state index contributed by atoms with van der Waals surface area (Å²) in [6.45, 7) is 4.31. The summed E-state index contributed by atoms with van der Waals surface area (Å²) in [5.41, 5.74) is 1.29. The summed E-state index contributed by atoms with van der Waals surface area (Å²) in [7, 11) is 0. The van der Waals surface area contributed by atoms with Gasteiger partial charge < -0.3 is 9.32 Å². The number of carbonyl (C=O) groups is 2. The van der Waals surface area contributed by atoms with Gasteiger partial charge in [0.25, 0.3) is 11.8 Å². The summed E-state index contributed by atoms with van der Waals surface area (Å²) in [6.07, 6.45) is 1.54. The number of aromatic nitrogens is 2. The highest BCUT2D eigenvalue weighted by Crippen LogP contribution is 2.54. The molecule has 0 fully saturated rings. The van der Waals surface area contributed by atoms with Crippen molar-refractivity contribution < 1.29 is 14.0 Å². The van der Waals surface area contributed by atoms with Crippen molar-refractivity contribution in [1.29, 1.82) is 0 Å². The van der Waals surface area contributed by atoms with Crippen LogP contribution < -0.4 is 15.2 Å². The van der Waals surface area contributed by atoms with Gasteiger partial charge in [-0.05, 0) is 42.7 Å². The molecule has 198 valence electrons. The van der Waals surface area contributed by atoms with Crippen LogP contribution in [0.25, 0.3) is 11.0 Å². The number of fused-ring (bicyclic) bond motifs is 5. The lowest BCUT2D eigenvalue weighted by atomic mass is 9.84. The number of para-hydroxylation sites is 2. The number of anilines is 2. The molecule has 5 aromatic rings. The predicted octanol–water partition coefficient (Wildman–Crippen LogP) is 5.36. The third-order valence-electron chi connectivity index (χ3n) is 7.73. The first-order chi connectivity index (χ1) is 19.5. The Labute approximate surface area is 233 Å². The van der Waals surface area contributed by atoms with Crippen LogP contribution in [0.2, 0.25) is 0 Å². The summed E-state index contributed by atoms with van der Waals surface area (Å²) >= 11 is 1.25. The van der Waals surface area contributed by atoms with Gasteiger partial charge >= 0.3 is 0 Å². The van der Waals surface area contributed by atoms with E-state index < -0.39 is 22.8 Å². The van der Waals surface area contributed by atoms with Crippen LogP contribution in [0.15, 0.2) is 82.0 Å². The van der Waals surface area contributed by atoms with Crippen molar-refractivity contribution >= 4 is 44.9 Å². The van der Waals surface area contributed by atoms with Gasteiger partial charge in [-0.1, -0.05) is 72.9 Å². The van der Waals surface area contributed by atoms with E-state index in [0.717, 1.165) is 22.6 Å². The molecular weight excluding hydrogens is 524 g/mol. The Bertz CT molecular complexity index is 1910. The molecule has 0 radical (unpaired) electrons. The SMILES string of the molecule is CCCc1nnc(N2C(=O)c3oc4ccccc4c(=O)c3C23C(=O)N(Cc2ccccc2C)c2ccccc23)s1. The van der Waals surface area contributed by atoms with Gasteiger partial charge in [-0.15, -0.1) is 10.2 Å². The van der Waals surface area contributed by atoms with Crippen molar-refractivity contribution in [2.24, 2.45) is 0 Å². The number of aryl methyl sites for hydroxylation is 2. The lowest BCUT2D eigenvalue weighted by Crippen LogP contribution is -2.53. The number of amides is 2. The summed E-state index contributed by atoms with van der Waals surface area (Å²) < 4.78 is 6.12. The maximum atomic E-state index is 14.9. The topological polar surface area (TPSA) is 96.6 Å². The van der Waals surface area contributed by atoms with Crippen molar-refractivity contribution in [2.75, 3.05) is 9.80 Å². The molecule has 0 aliphatic carbocycles. The van der Waals surface area contributed by atoms with Crippen LogP contribution in [-0.4, -0.2) is 22.0 Å². The van der Waals surface area contributed by atoms with Crippen LogP contribution in [0.4, 0.5) is 10.8 Å². The zero-order valence-electron chi connectivity index (χ0n) is 21.9. The van der Waals surface area contributed by atoms with Crippen LogP contribution in [0.1, 0.15) is 51.2 Å². The molecule has 0 saturated carbocycles. The minimum absolute atomic E-state index is 0.0215. The average Bonchev–Trinajstić information content (AvgIpc) is 3.59. The second-order valence-electron chi connectivity index (χ2n) is 10.0. The van der Waals surface area contributed by atoms with Crippen molar-refractivity contribution in [3.63, 3.8) is 0 Å². The molecule has 2 aliphatic heterocycles. The monoisotopic (exact) mass is 548 g/mol. The Morgan fingerprint density at radius 3 is 2.50 bits per heavy atom. The second-order valence-corrected chi connectivity index (χ2v) is 11.1. The molecule has 2 amide bonds. The van der Waals surface area contributed by atoms with Gasteiger partial charge in [0.05, 0.1) is 23.2 Å². The van der Waals surface area contributed by atoms with Crippen LogP contribution in [0.5, 0.6) is 0 Å². The third-order valence-corrected chi connectivity index (χ3v) is 8.70. The lowest BCUT2D eigenvalue weighted by Gasteiger charge is -2.32. The molecule has 1 spiro atoms. The molecule has 7 rings (SSSR count). The molecule has 40 heavy (non-hydrogen) atoms. The fraction of sp³-hybridized carbons (Fsp3) is 0.194. The molecule has 2 aliphatic rings. The fourth-order valence-electron chi connectivity index (χ4n) is 5.87. The molecule has 2 aromatic heterocycles. The highest BCUT2D eigenvalue weighted by Gasteiger charge is 2.66. The number of hydrogen-bond acceptors (Lipinski definition) is 7. The Hall–Kier alpha value is -4.63. The molecule has 9 heteroatoms. The van der Waals surface area contributed by atoms with Gasteiger partial charge in [0.2, 0.25) is 10.9 Å². The summed E-state index contributed by atoms with van der Waals surface area (Å²) in [6, 6.07) is 22.0. The first-order valence-electron chi connectivity index (χ1n) is 13.2. The number of rotatable bonds is 5. The van der Waals surface area contributed by atoms with Gasteiger partial charge in [-0.2, -0.15) is 0 Å². The van der Waals surface area contributed by atoms with Gasteiger partial charge in [0.15, 0.2) is 11.0 Å². The van der Waals surface area contributed by atoms with Crippen LogP contribution >= 0.6 is 11.3 Å². The van der Waals surface area contributed by atoms with Gasteiger partial charge in [-0.3, -0.25) is 19.3 Å². The van der Waals surface area contributed by atoms with E-state index in [1.54, 1.807) is 29.2 Å². The van der Waals surface area contributed by atoms with E-state index in [2.05, 4.69) is 10.2 Å². The number of carbonyl (C=O) groups excluding carboxylic acids is 2. The second kappa shape index (κ2) is 8.96. The zero-order chi connectivity index (χ0) is 27.6. The van der Waals surface area contributed by atoms with Crippen molar-refractivity contribution in [1.82, 2.24) is 10.2 Å². The molecule has 1 atom stereocenters.